The number of hydrogen-bond donors (Lipinski definition) is 2. The van der Waals surface area contributed by atoms with E-state index in [1.54, 1.807) is 30.3 Å². The van der Waals surface area contributed by atoms with Gasteiger partial charge in [-0.25, -0.2) is 8.42 Å². The molecule has 0 radical (unpaired) electrons. The third kappa shape index (κ3) is 7.71. The number of aliphatic hydroxyl groups excluding tert-OH is 1. The minimum Gasteiger partial charge on any atom is -0.497 e. The number of ether oxygens (including phenoxy) is 3. The summed E-state index contributed by atoms with van der Waals surface area (Å²) in [4.78, 5) is 12.6. The van der Waals surface area contributed by atoms with E-state index in [4.69, 9.17) is 32.2 Å². The van der Waals surface area contributed by atoms with Crippen molar-refractivity contribution in [3.63, 3.8) is 0 Å². The number of nitrogens with one attached hydrogen (secondary N) is 1. The van der Waals surface area contributed by atoms with Gasteiger partial charge in [0.1, 0.15) is 5.75 Å². The average Bonchev–Trinajstić information content (AvgIpc) is 2.91. The van der Waals surface area contributed by atoms with Gasteiger partial charge in [0.2, 0.25) is 16.3 Å². The van der Waals surface area contributed by atoms with Gasteiger partial charge < -0.3 is 24.6 Å². The van der Waals surface area contributed by atoms with Crippen molar-refractivity contribution in [1.29, 1.82) is 0 Å². The third-order valence-corrected chi connectivity index (χ3v) is 7.79. The number of amides is 1. The first-order valence-corrected chi connectivity index (χ1v) is 13.3. The Hall–Kier alpha value is -3.07. The Labute approximate surface area is 222 Å². The lowest BCUT2D eigenvalue weighted by molar-refractivity contribution is -0.146. The topological polar surface area (TPSA) is 114 Å². The van der Waals surface area contributed by atoms with Gasteiger partial charge in [-0.1, -0.05) is 29.7 Å². The predicted molar refractivity (Wildman–Crippen MR) is 138 cm³/mol. The molecule has 3 rings (SSSR count). The molecule has 1 aliphatic rings. The van der Waals surface area contributed by atoms with Gasteiger partial charge in [-0.2, -0.15) is 4.31 Å². The summed E-state index contributed by atoms with van der Waals surface area (Å²) in [5.74, 6) is 2.24. The van der Waals surface area contributed by atoms with Crippen LogP contribution in [0, 0.1) is 12.3 Å². The molecule has 2 N–H and O–H groups in total. The van der Waals surface area contributed by atoms with Gasteiger partial charge in [-0.05, 0) is 48.0 Å². The minimum atomic E-state index is -3.89. The van der Waals surface area contributed by atoms with Crippen molar-refractivity contribution in [3.8, 4) is 18.1 Å². The van der Waals surface area contributed by atoms with E-state index in [0.29, 0.717) is 17.2 Å². The van der Waals surface area contributed by atoms with Crippen molar-refractivity contribution in [2.45, 2.75) is 23.5 Å². The monoisotopic (exact) mass is 548 g/mol. The van der Waals surface area contributed by atoms with E-state index in [1.807, 2.05) is 12.1 Å². The number of methoxy groups -OCH3 is 1. The molecule has 1 heterocycles. The zero-order valence-electron chi connectivity index (χ0n) is 20.3. The third-order valence-electron chi connectivity index (χ3n) is 5.62. The largest absolute Gasteiger partial charge is 0.497 e. The summed E-state index contributed by atoms with van der Waals surface area (Å²) in [5, 5.41) is 12.6. The Bertz CT molecular complexity index is 1230. The highest BCUT2D eigenvalue weighted by molar-refractivity contribution is 7.89. The number of sulfonamides is 1. The Morgan fingerprint density at radius 1 is 1.22 bits per heavy atom. The lowest BCUT2D eigenvalue weighted by Gasteiger charge is -2.30. The Morgan fingerprint density at radius 3 is 2.54 bits per heavy atom. The van der Waals surface area contributed by atoms with Gasteiger partial charge in [0.15, 0.2) is 5.76 Å². The Kier molecular flexibility index (Phi) is 10.4. The molecular weight excluding hydrogens is 520 g/mol. The molecular formula is C26H29ClN2O7S. The van der Waals surface area contributed by atoms with E-state index in [9.17, 15) is 18.3 Å². The maximum Gasteiger partial charge on any atom is 0.286 e. The van der Waals surface area contributed by atoms with Crippen LogP contribution in [0.4, 0.5) is 0 Å². The molecule has 0 saturated heterocycles. The molecule has 0 unspecified atom stereocenters. The molecule has 0 saturated carbocycles. The average molecular weight is 549 g/mol. The summed E-state index contributed by atoms with van der Waals surface area (Å²) in [5.41, 5.74) is 0.910. The molecule has 37 heavy (non-hydrogen) atoms. The Morgan fingerprint density at radius 2 is 1.92 bits per heavy atom. The maximum atomic E-state index is 13.1. The molecule has 2 aromatic carbocycles. The summed E-state index contributed by atoms with van der Waals surface area (Å²) >= 11 is 6.01. The zero-order chi connectivity index (χ0) is 26.8. The van der Waals surface area contributed by atoms with E-state index in [0.717, 1.165) is 9.87 Å². The van der Waals surface area contributed by atoms with Crippen molar-refractivity contribution in [1.82, 2.24) is 9.62 Å². The first-order chi connectivity index (χ1) is 17.8. The second kappa shape index (κ2) is 13.5. The standard InChI is InChI=1S/C26H29ClN2O7S/c1-3-12-28-26(31)24-17-20(19-4-6-21(27)7-5-19)18-25(36-24)35-16-14-29(13-15-30)37(32,33)23-10-8-22(34-2)9-11-23/h1,4-11,17,20,25,30H,12-16,18H2,2H3,(H,28,31)/t20-,25+/m0/s1. The van der Waals surface area contributed by atoms with Crippen LogP contribution in [0.5, 0.6) is 5.75 Å². The van der Waals surface area contributed by atoms with Gasteiger partial charge in [0, 0.05) is 30.5 Å². The van der Waals surface area contributed by atoms with Crippen LogP contribution in [0.2, 0.25) is 5.02 Å². The van der Waals surface area contributed by atoms with E-state index >= 15 is 0 Å². The maximum absolute atomic E-state index is 13.1. The molecule has 198 valence electrons. The fourth-order valence-corrected chi connectivity index (χ4v) is 5.27. The molecule has 1 aliphatic heterocycles. The predicted octanol–water partition coefficient (Wildman–Crippen LogP) is 2.51. The number of carbonyl (C=O) groups is 1. The summed E-state index contributed by atoms with van der Waals surface area (Å²) in [6.07, 6.45) is 6.50. The van der Waals surface area contributed by atoms with Crippen LogP contribution >= 0.6 is 11.6 Å². The highest BCUT2D eigenvalue weighted by Gasteiger charge is 2.30. The van der Waals surface area contributed by atoms with Gasteiger partial charge >= 0.3 is 0 Å². The summed E-state index contributed by atoms with van der Waals surface area (Å²) in [6.45, 7) is -0.516. The van der Waals surface area contributed by atoms with Crippen LogP contribution in [0.1, 0.15) is 17.9 Å². The SMILES string of the molecule is C#CCNC(=O)C1=C[C@H](c2ccc(Cl)cc2)C[C@H](OCCN(CCO)S(=O)(=O)c2ccc(OC)cc2)O1. The van der Waals surface area contributed by atoms with Crippen LogP contribution in [-0.4, -0.2) is 70.0 Å². The Balaban J connectivity index is 1.71. The number of benzene rings is 2. The second-order valence-electron chi connectivity index (χ2n) is 8.03. The van der Waals surface area contributed by atoms with E-state index in [1.165, 1.54) is 19.2 Å². The first-order valence-electron chi connectivity index (χ1n) is 11.5. The van der Waals surface area contributed by atoms with Crippen LogP contribution in [0.15, 0.2) is 65.3 Å². The number of allylic oxidation sites excluding steroid dienone is 1. The highest BCUT2D eigenvalue weighted by atomic mass is 35.5. The molecule has 0 aliphatic carbocycles. The van der Waals surface area contributed by atoms with Crippen molar-refractivity contribution in [3.05, 3.63) is 71.0 Å². The van der Waals surface area contributed by atoms with Crippen LogP contribution in [-0.2, 0) is 24.3 Å². The summed E-state index contributed by atoms with van der Waals surface area (Å²) < 4.78 is 44.1. The van der Waals surface area contributed by atoms with Crippen LogP contribution < -0.4 is 10.1 Å². The molecule has 0 fully saturated rings. The fraction of sp³-hybridized carbons (Fsp3) is 0.346. The number of halogens is 1. The van der Waals surface area contributed by atoms with E-state index in [2.05, 4.69) is 11.2 Å². The number of aliphatic hydroxyl groups is 1. The smallest absolute Gasteiger partial charge is 0.286 e. The number of rotatable bonds is 12. The lowest BCUT2D eigenvalue weighted by atomic mass is 9.93. The van der Waals surface area contributed by atoms with E-state index in [-0.39, 0.29) is 49.4 Å². The van der Waals surface area contributed by atoms with Gasteiger partial charge in [-0.15, -0.1) is 6.42 Å². The van der Waals surface area contributed by atoms with Crippen molar-refractivity contribution in [2.75, 3.05) is 40.0 Å². The molecule has 0 bridgehead atoms. The second-order valence-corrected chi connectivity index (χ2v) is 10.4. The van der Waals surface area contributed by atoms with Gasteiger partial charge in [-0.3, -0.25) is 4.79 Å². The summed E-state index contributed by atoms with van der Waals surface area (Å²) in [6, 6.07) is 13.2. The molecule has 0 aromatic heterocycles. The molecule has 2 atom stereocenters. The highest BCUT2D eigenvalue weighted by Crippen LogP contribution is 2.32. The fourth-order valence-electron chi connectivity index (χ4n) is 3.73. The molecule has 9 nitrogen and oxygen atoms in total. The lowest BCUT2D eigenvalue weighted by Crippen LogP contribution is -2.38. The van der Waals surface area contributed by atoms with Crippen molar-refractivity contribution in [2.24, 2.45) is 0 Å². The van der Waals surface area contributed by atoms with Crippen LogP contribution in [0.3, 0.4) is 0 Å². The van der Waals surface area contributed by atoms with Crippen LogP contribution in [0.25, 0.3) is 0 Å². The normalized spacial score (nSPS) is 17.4. The van der Waals surface area contributed by atoms with E-state index < -0.39 is 22.2 Å². The number of terminal acetylenes is 1. The molecule has 0 spiro atoms. The number of hydrogen-bond acceptors (Lipinski definition) is 7. The minimum absolute atomic E-state index is 0.0351. The number of carbonyl (C=O) groups excluding carboxylic acids is 1. The summed E-state index contributed by atoms with van der Waals surface area (Å²) in [7, 11) is -2.40. The van der Waals surface area contributed by atoms with Gasteiger partial charge in [0.05, 0.1) is 31.8 Å². The zero-order valence-corrected chi connectivity index (χ0v) is 21.9. The van der Waals surface area contributed by atoms with Gasteiger partial charge in [0.25, 0.3) is 5.91 Å². The molecule has 1 amide bonds. The van der Waals surface area contributed by atoms with Crippen molar-refractivity contribution < 1.29 is 32.5 Å². The quantitative estimate of drug-likeness (QED) is 0.392. The van der Waals surface area contributed by atoms with Crippen molar-refractivity contribution >= 4 is 27.5 Å². The first kappa shape index (κ1) is 28.5. The molecule has 2 aromatic rings. The number of nitrogens with zero attached hydrogens (tertiary/aromatic N) is 1. The molecule has 11 heteroatoms.